The van der Waals surface area contributed by atoms with Crippen molar-refractivity contribution in [1.29, 1.82) is 0 Å². The van der Waals surface area contributed by atoms with E-state index in [4.69, 9.17) is 0 Å². The van der Waals surface area contributed by atoms with E-state index >= 15 is 0 Å². The number of Topliss-reactive ketones (excluding diaryl/α,β-unsaturated/α-hetero) is 1. The highest BCUT2D eigenvalue weighted by Gasteiger charge is 2.16. The van der Waals surface area contributed by atoms with Crippen molar-refractivity contribution in [3.05, 3.63) is 42.6 Å². The summed E-state index contributed by atoms with van der Waals surface area (Å²) in [7, 11) is 0. The molecule has 78 valence electrons. The summed E-state index contributed by atoms with van der Waals surface area (Å²) in [4.78, 5) is 21.7. The van der Waals surface area contributed by atoms with Gasteiger partial charge in [0, 0.05) is 11.4 Å². The zero-order chi connectivity index (χ0) is 11.3. The van der Waals surface area contributed by atoms with Crippen LogP contribution in [0.25, 0.3) is 0 Å². The molecule has 3 nitrogen and oxygen atoms in total. The van der Waals surface area contributed by atoms with Crippen molar-refractivity contribution in [2.45, 2.75) is 6.92 Å². The molecule has 0 aliphatic heterocycles. The molecule has 1 N–H and O–H groups in total. The summed E-state index contributed by atoms with van der Waals surface area (Å²) in [6.07, 6.45) is 0.598. The van der Waals surface area contributed by atoms with Gasteiger partial charge in [0.05, 0.1) is 0 Å². The van der Waals surface area contributed by atoms with Gasteiger partial charge in [-0.25, -0.2) is 0 Å². The van der Waals surface area contributed by atoms with Gasteiger partial charge in [0.15, 0.2) is 0 Å². The number of benzene rings is 1. The van der Waals surface area contributed by atoms with Gasteiger partial charge < -0.3 is 10.1 Å². The molecule has 0 saturated carbocycles. The summed E-state index contributed by atoms with van der Waals surface area (Å²) >= 11 is 0. The molecule has 0 amide bonds. The zero-order valence-electron chi connectivity index (χ0n) is 8.57. The van der Waals surface area contributed by atoms with E-state index in [1.807, 2.05) is 30.3 Å². The maximum Gasteiger partial charge on any atom is 0.145 e. The molecule has 0 aliphatic rings. The van der Waals surface area contributed by atoms with Crippen LogP contribution in [0.2, 0.25) is 0 Å². The van der Waals surface area contributed by atoms with Gasteiger partial charge in [-0.05, 0) is 19.1 Å². The Labute approximate surface area is 88.8 Å². The minimum absolute atomic E-state index is 0.210. The van der Waals surface area contributed by atoms with Crippen LogP contribution in [0.4, 0.5) is 5.69 Å². The number of ketones is 1. The minimum atomic E-state index is -0.773. The van der Waals surface area contributed by atoms with Crippen LogP contribution in [0.1, 0.15) is 6.92 Å². The first-order valence-electron chi connectivity index (χ1n) is 4.61. The first kappa shape index (κ1) is 11.2. The van der Waals surface area contributed by atoms with E-state index in [2.05, 4.69) is 11.9 Å². The fourth-order valence-corrected chi connectivity index (χ4v) is 1.21. The minimum Gasteiger partial charge on any atom is -0.358 e. The number of carbonyl (C=O) groups is 2. The fraction of sp³-hybridized carbons (Fsp3) is 0.167. The first-order valence-corrected chi connectivity index (χ1v) is 4.61. The number of aldehydes is 1. The third-order valence-electron chi connectivity index (χ3n) is 2.03. The summed E-state index contributed by atoms with van der Waals surface area (Å²) in [5.74, 6) is -0.983. The topological polar surface area (TPSA) is 46.2 Å². The van der Waals surface area contributed by atoms with E-state index in [0.29, 0.717) is 12.0 Å². The Morgan fingerprint density at radius 3 is 2.47 bits per heavy atom. The Morgan fingerprint density at radius 1 is 1.40 bits per heavy atom. The highest BCUT2D eigenvalue weighted by atomic mass is 16.1. The SMILES string of the molecule is C=C(Nc1ccccc1)C(C=O)C(C)=O. The molecule has 0 saturated heterocycles. The molecular formula is C12H13NO2. The lowest BCUT2D eigenvalue weighted by Gasteiger charge is -2.12. The smallest absolute Gasteiger partial charge is 0.145 e. The Bertz CT molecular complexity index is 370. The number of allylic oxidation sites excluding steroid dienone is 1. The molecule has 0 fully saturated rings. The molecule has 3 heteroatoms. The third-order valence-corrected chi connectivity index (χ3v) is 2.03. The van der Waals surface area contributed by atoms with Gasteiger partial charge in [-0.3, -0.25) is 4.79 Å². The number of rotatable bonds is 5. The molecular weight excluding hydrogens is 190 g/mol. The molecule has 0 aliphatic carbocycles. The summed E-state index contributed by atoms with van der Waals surface area (Å²) in [6, 6.07) is 9.29. The molecule has 0 radical (unpaired) electrons. The van der Waals surface area contributed by atoms with E-state index < -0.39 is 5.92 Å². The fourth-order valence-electron chi connectivity index (χ4n) is 1.21. The number of anilines is 1. The zero-order valence-corrected chi connectivity index (χ0v) is 8.57. The molecule has 15 heavy (non-hydrogen) atoms. The van der Waals surface area contributed by atoms with Gasteiger partial charge in [0.25, 0.3) is 0 Å². The molecule has 1 aromatic carbocycles. The van der Waals surface area contributed by atoms with Crippen molar-refractivity contribution in [3.63, 3.8) is 0 Å². The summed E-state index contributed by atoms with van der Waals surface area (Å²) in [5.41, 5.74) is 1.22. The van der Waals surface area contributed by atoms with Crippen molar-refractivity contribution in [2.24, 2.45) is 5.92 Å². The van der Waals surface area contributed by atoms with E-state index in [1.165, 1.54) is 6.92 Å². The number of hydrogen-bond donors (Lipinski definition) is 1. The quantitative estimate of drug-likeness (QED) is 0.588. The average Bonchev–Trinajstić information content (AvgIpc) is 2.19. The monoisotopic (exact) mass is 203 g/mol. The third kappa shape index (κ3) is 3.06. The second kappa shape index (κ2) is 5.10. The summed E-state index contributed by atoms with van der Waals surface area (Å²) in [6.45, 7) is 5.05. The number of para-hydroxylation sites is 1. The van der Waals surface area contributed by atoms with Crippen molar-refractivity contribution in [1.82, 2.24) is 0 Å². The molecule has 0 heterocycles. The van der Waals surface area contributed by atoms with Crippen LogP contribution >= 0.6 is 0 Å². The number of carbonyl (C=O) groups excluding carboxylic acids is 2. The lowest BCUT2D eigenvalue weighted by molar-refractivity contribution is -0.124. The van der Waals surface area contributed by atoms with Gasteiger partial charge in [-0.1, -0.05) is 24.8 Å². The lowest BCUT2D eigenvalue weighted by Crippen LogP contribution is -2.19. The maximum atomic E-state index is 11.1. The highest BCUT2D eigenvalue weighted by molar-refractivity contribution is 5.95. The van der Waals surface area contributed by atoms with Crippen LogP contribution in [-0.2, 0) is 9.59 Å². The predicted octanol–water partition coefficient (Wildman–Crippen LogP) is 2.02. The van der Waals surface area contributed by atoms with Gasteiger partial charge in [-0.15, -0.1) is 0 Å². The molecule has 0 bridgehead atoms. The lowest BCUT2D eigenvalue weighted by atomic mass is 10.0. The molecule has 0 aromatic heterocycles. The van der Waals surface area contributed by atoms with Gasteiger partial charge >= 0.3 is 0 Å². The van der Waals surface area contributed by atoms with Crippen LogP contribution in [0.15, 0.2) is 42.6 Å². The van der Waals surface area contributed by atoms with E-state index in [-0.39, 0.29) is 5.78 Å². The first-order chi connectivity index (χ1) is 7.15. The summed E-state index contributed by atoms with van der Waals surface area (Å²) in [5, 5.41) is 2.93. The standard InChI is InChI=1S/C12H13NO2/c1-9(12(8-14)10(2)15)13-11-6-4-3-5-7-11/h3-8,12-13H,1H2,2H3. The normalized spacial score (nSPS) is 11.5. The highest BCUT2D eigenvalue weighted by Crippen LogP contribution is 2.13. The Hall–Kier alpha value is -1.90. The van der Waals surface area contributed by atoms with Gasteiger partial charge in [-0.2, -0.15) is 0 Å². The molecule has 1 rings (SSSR count). The Balaban J connectivity index is 2.71. The molecule has 1 atom stereocenters. The maximum absolute atomic E-state index is 11.1. The molecule has 1 unspecified atom stereocenters. The average molecular weight is 203 g/mol. The molecule has 1 aromatic rings. The second-order valence-electron chi connectivity index (χ2n) is 3.24. The Kier molecular flexibility index (Phi) is 3.80. The van der Waals surface area contributed by atoms with Crippen molar-refractivity contribution >= 4 is 17.8 Å². The van der Waals surface area contributed by atoms with E-state index in [1.54, 1.807) is 0 Å². The summed E-state index contributed by atoms with van der Waals surface area (Å²) < 4.78 is 0. The van der Waals surface area contributed by atoms with Gasteiger partial charge in [0.2, 0.25) is 0 Å². The van der Waals surface area contributed by atoms with Crippen molar-refractivity contribution in [3.8, 4) is 0 Å². The number of nitrogens with one attached hydrogen (secondary N) is 1. The van der Waals surface area contributed by atoms with Crippen LogP contribution in [0, 0.1) is 5.92 Å². The predicted molar refractivity (Wildman–Crippen MR) is 59.4 cm³/mol. The Morgan fingerprint density at radius 2 is 2.00 bits per heavy atom. The van der Waals surface area contributed by atoms with E-state index in [0.717, 1.165) is 5.69 Å². The second-order valence-corrected chi connectivity index (χ2v) is 3.24. The van der Waals surface area contributed by atoms with E-state index in [9.17, 15) is 9.59 Å². The largest absolute Gasteiger partial charge is 0.358 e. The van der Waals surface area contributed by atoms with Gasteiger partial charge in [0.1, 0.15) is 18.0 Å². The number of hydrogen-bond acceptors (Lipinski definition) is 3. The van der Waals surface area contributed by atoms with Crippen molar-refractivity contribution in [2.75, 3.05) is 5.32 Å². The van der Waals surface area contributed by atoms with Crippen LogP contribution in [0.3, 0.4) is 0 Å². The van der Waals surface area contributed by atoms with Crippen LogP contribution in [0.5, 0.6) is 0 Å². The van der Waals surface area contributed by atoms with Crippen LogP contribution < -0.4 is 5.32 Å². The molecule has 0 spiro atoms. The van der Waals surface area contributed by atoms with Crippen molar-refractivity contribution < 1.29 is 9.59 Å². The van der Waals surface area contributed by atoms with Crippen LogP contribution in [-0.4, -0.2) is 12.1 Å².